The molecule has 1 heteroatoms. The second-order valence-corrected chi connectivity index (χ2v) is 11.1. The summed E-state index contributed by atoms with van der Waals surface area (Å²) in [6.45, 7) is 0. The normalized spacial score (nSPS) is 13.6. The first-order valence-corrected chi connectivity index (χ1v) is 14.2. The Bertz CT molecular complexity index is 2080. The molecule has 0 N–H and O–H groups in total. The average molecular weight is 520 g/mol. The van der Waals surface area contributed by atoms with Crippen LogP contribution in [0, 0.1) is 0 Å². The number of rotatable bonds is 2. The van der Waals surface area contributed by atoms with E-state index in [2.05, 4.69) is 145 Å². The van der Waals surface area contributed by atoms with Gasteiger partial charge in [0.25, 0.3) is 0 Å². The third-order valence-corrected chi connectivity index (χ3v) is 9.16. The first-order chi connectivity index (χ1) is 20.3. The van der Waals surface area contributed by atoms with E-state index in [0.717, 1.165) is 16.5 Å². The third-order valence-electron chi connectivity index (χ3n) is 9.16. The monoisotopic (exact) mass is 519 g/mol. The SMILES string of the molecule is c1ccc2c(c1)-c1ccccc1C21c2ccccc2-c2ccc(-c3ccc(-c4cccc5cccnc45)cc3)cc21. The van der Waals surface area contributed by atoms with Gasteiger partial charge in [-0.3, -0.25) is 4.98 Å². The maximum Gasteiger partial charge on any atom is 0.0780 e. The van der Waals surface area contributed by atoms with E-state index in [-0.39, 0.29) is 5.41 Å². The summed E-state index contributed by atoms with van der Waals surface area (Å²) in [5.41, 5.74) is 16.4. The molecule has 0 atom stereocenters. The second kappa shape index (κ2) is 8.36. The molecule has 2 aliphatic rings. The summed E-state index contributed by atoms with van der Waals surface area (Å²) in [4.78, 5) is 4.67. The van der Waals surface area contributed by atoms with E-state index in [9.17, 15) is 0 Å². The highest BCUT2D eigenvalue weighted by molar-refractivity contribution is 5.96. The summed E-state index contributed by atoms with van der Waals surface area (Å²) < 4.78 is 0. The van der Waals surface area contributed by atoms with E-state index in [0.29, 0.717) is 0 Å². The Morgan fingerprint density at radius 2 is 0.878 bits per heavy atom. The van der Waals surface area contributed by atoms with Gasteiger partial charge in [-0.25, -0.2) is 0 Å². The molecule has 0 radical (unpaired) electrons. The van der Waals surface area contributed by atoms with Crippen molar-refractivity contribution < 1.29 is 0 Å². The molecule has 0 unspecified atom stereocenters. The molecule has 9 rings (SSSR count). The van der Waals surface area contributed by atoms with Crippen LogP contribution in [-0.2, 0) is 5.41 Å². The van der Waals surface area contributed by atoms with Crippen LogP contribution in [0.2, 0.25) is 0 Å². The number of aromatic nitrogens is 1. The van der Waals surface area contributed by atoms with Crippen molar-refractivity contribution in [3.63, 3.8) is 0 Å². The fourth-order valence-corrected chi connectivity index (χ4v) is 7.45. The standard InChI is InChI=1S/C40H25N/c1-4-15-35-31(11-1)32-12-2-5-16-36(32)40(35)37-17-6-3-13-33(37)34-23-22-29(25-38(34)40)26-18-20-27(21-19-26)30-14-7-9-28-10-8-24-41-39(28)30/h1-25H. The highest BCUT2D eigenvalue weighted by Crippen LogP contribution is 2.62. The zero-order valence-electron chi connectivity index (χ0n) is 22.4. The Morgan fingerprint density at radius 1 is 0.366 bits per heavy atom. The van der Waals surface area contributed by atoms with Gasteiger partial charge < -0.3 is 0 Å². The van der Waals surface area contributed by atoms with Crippen LogP contribution in [-0.4, -0.2) is 4.98 Å². The molecule has 2 aliphatic carbocycles. The molecule has 1 nitrogen and oxygen atoms in total. The molecule has 0 saturated heterocycles. The van der Waals surface area contributed by atoms with E-state index in [1.807, 2.05) is 12.3 Å². The van der Waals surface area contributed by atoms with Crippen molar-refractivity contribution in [3.8, 4) is 44.5 Å². The fraction of sp³-hybridized carbons (Fsp3) is 0.0250. The molecule has 1 spiro atoms. The van der Waals surface area contributed by atoms with Crippen LogP contribution in [0.1, 0.15) is 22.3 Å². The van der Waals surface area contributed by atoms with E-state index in [1.165, 1.54) is 61.2 Å². The first kappa shape index (κ1) is 22.5. The molecule has 6 aromatic carbocycles. The molecule has 0 bridgehead atoms. The largest absolute Gasteiger partial charge is 0.256 e. The maximum absolute atomic E-state index is 4.67. The van der Waals surface area contributed by atoms with Gasteiger partial charge in [0.15, 0.2) is 0 Å². The summed E-state index contributed by atoms with van der Waals surface area (Å²) >= 11 is 0. The predicted molar refractivity (Wildman–Crippen MR) is 169 cm³/mol. The zero-order chi connectivity index (χ0) is 27.0. The first-order valence-electron chi connectivity index (χ1n) is 14.2. The minimum absolute atomic E-state index is 0.316. The van der Waals surface area contributed by atoms with Crippen LogP contribution in [0.25, 0.3) is 55.4 Å². The summed E-state index contributed by atoms with van der Waals surface area (Å²) in [5.74, 6) is 0. The van der Waals surface area contributed by atoms with E-state index in [1.54, 1.807) is 0 Å². The molecule has 0 saturated carbocycles. The summed E-state index contributed by atoms with van der Waals surface area (Å²) in [5, 5.41) is 1.16. The minimum Gasteiger partial charge on any atom is -0.256 e. The van der Waals surface area contributed by atoms with Gasteiger partial charge in [-0.15, -0.1) is 0 Å². The Labute approximate surface area is 239 Å². The van der Waals surface area contributed by atoms with Crippen molar-refractivity contribution in [2.24, 2.45) is 0 Å². The van der Waals surface area contributed by atoms with Gasteiger partial charge in [0, 0.05) is 17.1 Å². The van der Waals surface area contributed by atoms with Gasteiger partial charge in [-0.1, -0.05) is 133 Å². The van der Waals surface area contributed by atoms with E-state index >= 15 is 0 Å². The topological polar surface area (TPSA) is 12.9 Å². The lowest BCUT2D eigenvalue weighted by atomic mass is 9.70. The zero-order valence-corrected chi connectivity index (χ0v) is 22.4. The molecule has 0 amide bonds. The van der Waals surface area contributed by atoms with Crippen molar-refractivity contribution in [3.05, 3.63) is 174 Å². The molecule has 1 heterocycles. The smallest absolute Gasteiger partial charge is 0.0780 e. The Hall–Kier alpha value is -5.27. The third kappa shape index (κ3) is 2.98. The number of nitrogens with zero attached hydrogens (tertiary/aromatic N) is 1. The molecule has 1 aromatic heterocycles. The van der Waals surface area contributed by atoms with Crippen LogP contribution in [0.3, 0.4) is 0 Å². The van der Waals surface area contributed by atoms with Gasteiger partial charge in [-0.05, 0) is 73.3 Å². The van der Waals surface area contributed by atoms with Gasteiger partial charge in [0.05, 0.1) is 10.9 Å². The number of pyridine rings is 1. The minimum atomic E-state index is -0.316. The number of hydrogen-bond acceptors (Lipinski definition) is 1. The molecule has 190 valence electrons. The Kier molecular flexibility index (Phi) is 4.60. The van der Waals surface area contributed by atoms with E-state index in [4.69, 9.17) is 0 Å². The summed E-state index contributed by atoms with van der Waals surface area (Å²) in [7, 11) is 0. The molecule has 0 aliphatic heterocycles. The highest BCUT2D eigenvalue weighted by atomic mass is 14.6. The van der Waals surface area contributed by atoms with Crippen molar-refractivity contribution in [1.82, 2.24) is 4.98 Å². The lowest BCUT2D eigenvalue weighted by molar-refractivity contribution is 0.794. The number of fused-ring (bicyclic) bond motifs is 11. The Morgan fingerprint density at radius 3 is 1.54 bits per heavy atom. The average Bonchev–Trinajstić information content (AvgIpc) is 3.52. The van der Waals surface area contributed by atoms with Crippen LogP contribution in [0.15, 0.2) is 152 Å². The molecule has 0 fully saturated rings. The maximum atomic E-state index is 4.67. The molecule has 7 aromatic rings. The van der Waals surface area contributed by atoms with Crippen LogP contribution in [0.4, 0.5) is 0 Å². The molecular weight excluding hydrogens is 494 g/mol. The van der Waals surface area contributed by atoms with Crippen LogP contribution in [0.5, 0.6) is 0 Å². The number of hydrogen-bond donors (Lipinski definition) is 0. The second-order valence-electron chi connectivity index (χ2n) is 11.1. The summed E-state index contributed by atoms with van der Waals surface area (Å²) in [6.07, 6.45) is 1.87. The van der Waals surface area contributed by atoms with Crippen molar-refractivity contribution >= 4 is 10.9 Å². The van der Waals surface area contributed by atoms with E-state index < -0.39 is 0 Å². The van der Waals surface area contributed by atoms with Crippen molar-refractivity contribution in [2.75, 3.05) is 0 Å². The van der Waals surface area contributed by atoms with Gasteiger partial charge in [0.1, 0.15) is 0 Å². The lowest BCUT2D eigenvalue weighted by Crippen LogP contribution is -2.25. The number of benzene rings is 6. The quantitative estimate of drug-likeness (QED) is 0.221. The highest BCUT2D eigenvalue weighted by Gasteiger charge is 2.51. The predicted octanol–water partition coefficient (Wildman–Crippen LogP) is 9.91. The van der Waals surface area contributed by atoms with Gasteiger partial charge in [-0.2, -0.15) is 0 Å². The van der Waals surface area contributed by atoms with Crippen molar-refractivity contribution in [2.45, 2.75) is 5.41 Å². The lowest BCUT2D eigenvalue weighted by Gasteiger charge is -2.30. The van der Waals surface area contributed by atoms with Crippen LogP contribution >= 0.6 is 0 Å². The van der Waals surface area contributed by atoms with Crippen LogP contribution < -0.4 is 0 Å². The molecule has 41 heavy (non-hydrogen) atoms. The van der Waals surface area contributed by atoms with Crippen molar-refractivity contribution in [1.29, 1.82) is 0 Å². The van der Waals surface area contributed by atoms with Gasteiger partial charge in [0.2, 0.25) is 0 Å². The number of para-hydroxylation sites is 1. The Balaban J connectivity index is 1.24. The summed E-state index contributed by atoms with van der Waals surface area (Å²) in [6, 6.07) is 53.5. The van der Waals surface area contributed by atoms with Gasteiger partial charge >= 0.3 is 0 Å². The fourth-order valence-electron chi connectivity index (χ4n) is 7.45. The molecular formula is C40H25N.